The highest BCUT2D eigenvalue weighted by Gasteiger charge is 2.46. The maximum absolute atomic E-state index is 14.6. The third-order valence-corrected chi connectivity index (χ3v) is 9.92. The van der Waals surface area contributed by atoms with E-state index >= 15 is 0 Å². The number of hydrogen-bond acceptors (Lipinski definition) is 0. The number of allylic oxidation sites excluding steroid dienone is 2. The first-order valence-corrected chi connectivity index (χ1v) is 16.4. The van der Waals surface area contributed by atoms with Crippen LogP contribution < -0.4 is 0 Å². The molecule has 2 heterocycles. The molecule has 0 aliphatic carbocycles. The maximum Gasteiger partial charge on any atom is 0.209 e. The molecule has 0 N–H and O–H groups in total. The molecule has 0 amide bonds. The Labute approximate surface area is 293 Å². The summed E-state index contributed by atoms with van der Waals surface area (Å²) in [5, 5.41) is 0. The highest BCUT2D eigenvalue weighted by Crippen LogP contribution is 2.42. The van der Waals surface area contributed by atoms with Crippen molar-refractivity contribution in [3.63, 3.8) is 0 Å². The van der Waals surface area contributed by atoms with E-state index in [1.807, 2.05) is 85.4 Å². The molecule has 6 rings (SSSR count). The van der Waals surface area contributed by atoms with E-state index in [1.54, 1.807) is 0 Å². The second-order valence-electron chi connectivity index (χ2n) is 13.7. The Hall–Kier alpha value is -5.00. The Kier molecular flexibility index (Phi) is 9.56. The summed E-state index contributed by atoms with van der Waals surface area (Å²) in [5.41, 5.74) is 0.931. The standard InChI is InChI=1S/C40H32F10N2/c1-39(2)23-11-5-7-13-25(23)51(27(39)17-15-21-29(41)33(45)37(49)34(46)30(21)42)19-9-10-20-52-26-14-8-6-12-24(26)40(3,4)28(52)18-16-22-31(43)35(47)38(50)36(48)32(22)44/h5-8,11-18H,9-10,19-20H2,1-4H3/q+2. The van der Waals surface area contributed by atoms with Crippen LogP contribution in [0, 0.1) is 58.2 Å². The van der Waals surface area contributed by atoms with Crippen molar-refractivity contribution in [2.24, 2.45) is 0 Å². The van der Waals surface area contributed by atoms with Crippen molar-refractivity contribution in [1.82, 2.24) is 0 Å². The first-order chi connectivity index (χ1) is 24.5. The molecule has 0 aromatic heterocycles. The second kappa shape index (κ2) is 13.5. The normalized spacial score (nSPS) is 16.2. The van der Waals surface area contributed by atoms with E-state index in [0.29, 0.717) is 37.4 Å². The molecule has 4 aromatic carbocycles. The van der Waals surface area contributed by atoms with Crippen LogP contribution in [0.15, 0.2) is 60.7 Å². The molecule has 0 spiro atoms. The Balaban J connectivity index is 1.33. The summed E-state index contributed by atoms with van der Waals surface area (Å²) < 4.78 is 145. The molecule has 0 unspecified atom stereocenters. The van der Waals surface area contributed by atoms with Gasteiger partial charge in [0.15, 0.2) is 58.0 Å². The topological polar surface area (TPSA) is 6.02 Å². The molecule has 0 atom stereocenters. The summed E-state index contributed by atoms with van der Waals surface area (Å²) in [5.74, 6) is -20.4. The van der Waals surface area contributed by atoms with E-state index in [-0.39, 0.29) is 0 Å². The Morgan fingerprint density at radius 3 is 1.04 bits per heavy atom. The lowest BCUT2D eigenvalue weighted by Gasteiger charge is -2.15. The third kappa shape index (κ3) is 5.85. The van der Waals surface area contributed by atoms with Crippen molar-refractivity contribution >= 4 is 35.0 Å². The van der Waals surface area contributed by atoms with Gasteiger partial charge < -0.3 is 0 Å². The highest BCUT2D eigenvalue weighted by atomic mass is 19.2. The van der Waals surface area contributed by atoms with Gasteiger partial charge in [0, 0.05) is 48.3 Å². The van der Waals surface area contributed by atoms with Crippen LogP contribution in [0.5, 0.6) is 0 Å². The Bertz CT molecular complexity index is 2050. The van der Waals surface area contributed by atoms with Crippen LogP contribution in [0.3, 0.4) is 0 Å². The number of benzene rings is 4. The third-order valence-electron chi connectivity index (χ3n) is 9.92. The van der Waals surface area contributed by atoms with E-state index in [4.69, 9.17) is 0 Å². The molecular weight excluding hydrogens is 698 g/mol. The minimum atomic E-state index is -2.24. The summed E-state index contributed by atoms with van der Waals surface area (Å²) in [4.78, 5) is 0. The number of unbranched alkanes of at least 4 members (excludes halogenated alkanes) is 1. The Morgan fingerprint density at radius 1 is 0.423 bits per heavy atom. The average Bonchev–Trinajstić information content (AvgIpc) is 3.48. The van der Waals surface area contributed by atoms with E-state index in [0.717, 1.165) is 34.7 Å². The van der Waals surface area contributed by atoms with Gasteiger partial charge in [-0.15, -0.1) is 0 Å². The molecule has 0 saturated carbocycles. The smallest absolute Gasteiger partial charge is 0.203 e. The van der Waals surface area contributed by atoms with E-state index < -0.39 is 80.1 Å². The van der Waals surface area contributed by atoms with Crippen molar-refractivity contribution in [3.8, 4) is 0 Å². The van der Waals surface area contributed by atoms with Crippen LogP contribution in [-0.2, 0) is 10.8 Å². The maximum atomic E-state index is 14.6. The van der Waals surface area contributed by atoms with Crippen molar-refractivity contribution in [2.45, 2.75) is 51.4 Å². The number of halogens is 10. The minimum absolute atomic E-state index is 0.381. The van der Waals surface area contributed by atoms with Crippen LogP contribution in [0.1, 0.15) is 62.8 Å². The van der Waals surface area contributed by atoms with Crippen molar-refractivity contribution in [1.29, 1.82) is 0 Å². The monoisotopic (exact) mass is 730 g/mol. The first kappa shape index (κ1) is 36.8. The van der Waals surface area contributed by atoms with Crippen LogP contribution in [0.4, 0.5) is 55.3 Å². The van der Waals surface area contributed by atoms with Gasteiger partial charge in [0.25, 0.3) is 0 Å². The zero-order valence-electron chi connectivity index (χ0n) is 28.4. The van der Waals surface area contributed by atoms with E-state index in [1.165, 1.54) is 12.2 Å². The molecule has 4 aromatic rings. The van der Waals surface area contributed by atoms with Gasteiger partial charge in [0.1, 0.15) is 13.1 Å². The zero-order chi connectivity index (χ0) is 37.9. The van der Waals surface area contributed by atoms with Crippen molar-refractivity contribution in [2.75, 3.05) is 13.1 Å². The van der Waals surface area contributed by atoms with Crippen molar-refractivity contribution < 1.29 is 53.1 Å². The number of hydrogen-bond donors (Lipinski definition) is 0. The number of rotatable bonds is 9. The summed E-state index contributed by atoms with van der Waals surface area (Å²) in [7, 11) is 0. The second-order valence-corrected chi connectivity index (χ2v) is 13.7. The summed E-state index contributed by atoms with van der Waals surface area (Å²) >= 11 is 0. The molecule has 52 heavy (non-hydrogen) atoms. The quantitative estimate of drug-likeness (QED) is 0.0532. The molecule has 12 heteroatoms. The van der Waals surface area contributed by atoms with E-state index in [2.05, 4.69) is 0 Å². The minimum Gasteiger partial charge on any atom is -0.203 e. The van der Waals surface area contributed by atoms with E-state index in [9.17, 15) is 43.9 Å². The van der Waals surface area contributed by atoms with Gasteiger partial charge >= 0.3 is 0 Å². The lowest BCUT2D eigenvalue weighted by Crippen LogP contribution is -2.28. The molecule has 2 aliphatic heterocycles. The molecular formula is C40H32F10N2+2. The summed E-state index contributed by atoms with van der Waals surface area (Å²) in [6.07, 6.45) is 5.53. The summed E-state index contributed by atoms with van der Waals surface area (Å²) in [6, 6.07) is 14.8. The number of para-hydroxylation sites is 2. The van der Waals surface area contributed by atoms with Gasteiger partial charge in [-0.3, -0.25) is 0 Å². The van der Waals surface area contributed by atoms with Gasteiger partial charge in [0.05, 0.1) is 22.0 Å². The molecule has 0 saturated heterocycles. The summed E-state index contributed by atoms with van der Waals surface area (Å²) in [6.45, 7) is 8.28. The van der Waals surface area contributed by atoms with Gasteiger partial charge in [-0.05, 0) is 39.8 Å². The molecule has 0 fully saturated rings. The molecule has 2 nitrogen and oxygen atoms in total. The van der Waals surface area contributed by atoms with Crippen LogP contribution in [0.25, 0.3) is 12.2 Å². The molecule has 2 aliphatic rings. The van der Waals surface area contributed by atoms with Gasteiger partial charge in [-0.1, -0.05) is 36.4 Å². The largest absolute Gasteiger partial charge is 0.209 e. The fourth-order valence-electron chi connectivity index (χ4n) is 7.16. The highest BCUT2D eigenvalue weighted by molar-refractivity contribution is 6.06. The first-order valence-electron chi connectivity index (χ1n) is 16.4. The lowest BCUT2D eigenvalue weighted by molar-refractivity contribution is -0.451. The molecule has 270 valence electrons. The SMILES string of the molecule is CC1(C)C(C=Cc2c(F)c(F)c(F)c(F)c2F)=[N+](CCCC[N+]2=C(C=Cc3c(F)c(F)c(F)c(F)c3F)C(C)(C)c3ccccc32)c2ccccc21. The van der Waals surface area contributed by atoms with Crippen LogP contribution >= 0.6 is 0 Å². The Morgan fingerprint density at radius 2 is 0.712 bits per heavy atom. The predicted molar refractivity (Wildman–Crippen MR) is 178 cm³/mol. The molecule has 0 bridgehead atoms. The predicted octanol–water partition coefficient (Wildman–Crippen LogP) is 10.7. The van der Waals surface area contributed by atoms with Crippen LogP contribution in [-0.4, -0.2) is 33.7 Å². The fourth-order valence-corrected chi connectivity index (χ4v) is 7.16. The van der Waals surface area contributed by atoms with Gasteiger partial charge in [0.2, 0.25) is 23.0 Å². The number of fused-ring (bicyclic) bond motifs is 2. The van der Waals surface area contributed by atoms with Crippen LogP contribution in [0.2, 0.25) is 0 Å². The van der Waals surface area contributed by atoms with Gasteiger partial charge in [-0.25, -0.2) is 43.9 Å². The number of nitrogens with zero attached hydrogens (tertiary/aromatic N) is 2. The lowest BCUT2D eigenvalue weighted by atomic mass is 9.81. The molecule has 0 radical (unpaired) electrons. The van der Waals surface area contributed by atoms with Gasteiger partial charge in [-0.2, -0.15) is 9.15 Å². The average molecular weight is 731 g/mol. The zero-order valence-corrected chi connectivity index (χ0v) is 28.4. The van der Waals surface area contributed by atoms with Crippen molar-refractivity contribution in [3.05, 3.63) is 141 Å². The fraction of sp³-hybridized carbons (Fsp3) is 0.250.